The maximum Gasteiger partial charge on any atom is 0.124 e. The maximum atomic E-state index is 9.69. The molecule has 1 aromatic heterocycles. The van der Waals surface area contributed by atoms with E-state index in [-0.39, 0.29) is 22.5 Å². The Bertz CT molecular complexity index is 751. The predicted octanol–water partition coefficient (Wildman–Crippen LogP) is 3.69. The second kappa shape index (κ2) is 6.32. The maximum absolute atomic E-state index is 9.69. The molecule has 101 valence electrons. The first-order chi connectivity index (χ1) is 9.34. The van der Waals surface area contributed by atoms with Crippen LogP contribution in [-0.4, -0.2) is 16.3 Å². The number of hydrogen-bond donors (Lipinski definition) is 1. The van der Waals surface area contributed by atoms with Crippen molar-refractivity contribution in [3.8, 4) is 5.75 Å². The summed E-state index contributed by atoms with van der Waals surface area (Å²) in [4.78, 5) is 8.76. The van der Waals surface area contributed by atoms with E-state index >= 15 is 0 Å². The molecule has 4 heteroatoms. The molecule has 2 aromatic carbocycles. The summed E-state index contributed by atoms with van der Waals surface area (Å²) in [6.07, 6.45) is 3.40. The summed E-state index contributed by atoms with van der Waals surface area (Å²) in [5.41, 5.74) is 2.34. The van der Waals surface area contributed by atoms with Crippen LogP contribution in [0.5, 0.6) is 5.75 Å². The van der Waals surface area contributed by atoms with Gasteiger partial charge < -0.3 is 5.11 Å². The number of hydrogen-bond acceptors (Lipinski definition) is 3. The van der Waals surface area contributed by atoms with Crippen molar-refractivity contribution in [2.24, 2.45) is 4.99 Å². The van der Waals surface area contributed by atoms with Crippen LogP contribution in [-0.2, 0) is 16.8 Å². The summed E-state index contributed by atoms with van der Waals surface area (Å²) in [6.45, 7) is 0. The van der Waals surface area contributed by atoms with E-state index in [2.05, 4.69) is 9.98 Å². The van der Waals surface area contributed by atoms with Crippen LogP contribution in [0, 0.1) is 0 Å². The van der Waals surface area contributed by atoms with Gasteiger partial charge in [-0.15, -0.1) is 0 Å². The van der Waals surface area contributed by atoms with E-state index < -0.39 is 0 Å². The zero-order valence-corrected chi connectivity index (χ0v) is 11.6. The number of phenols is 1. The Morgan fingerprint density at radius 2 is 1.75 bits per heavy atom. The number of rotatable bonds is 2. The number of phenolic OH excluding ortho intramolecular Hbond substituents is 1. The van der Waals surface area contributed by atoms with Crippen molar-refractivity contribution in [1.29, 1.82) is 0 Å². The number of fused-ring (bicyclic) bond motifs is 1. The second-order valence-electron chi connectivity index (χ2n) is 4.17. The Morgan fingerprint density at radius 1 is 0.950 bits per heavy atom. The average molecular weight is 307 g/mol. The molecule has 0 bridgehead atoms. The molecular formula is C16H12CoN2O. The van der Waals surface area contributed by atoms with Crippen molar-refractivity contribution in [1.82, 2.24) is 4.98 Å². The number of para-hydroxylation sites is 2. The smallest absolute Gasteiger partial charge is 0.124 e. The molecule has 0 fully saturated rings. The van der Waals surface area contributed by atoms with E-state index in [4.69, 9.17) is 0 Å². The zero-order valence-electron chi connectivity index (χ0n) is 10.5. The Labute approximate surface area is 127 Å². The van der Waals surface area contributed by atoms with E-state index in [1.807, 2.05) is 42.5 Å². The fourth-order valence-corrected chi connectivity index (χ4v) is 1.93. The van der Waals surface area contributed by atoms with Gasteiger partial charge in [-0.2, -0.15) is 0 Å². The van der Waals surface area contributed by atoms with E-state index in [9.17, 15) is 5.11 Å². The number of benzene rings is 2. The number of aliphatic imine (C=N–C) groups is 1. The molecule has 0 unspecified atom stereocenters. The predicted molar refractivity (Wildman–Crippen MR) is 77.1 cm³/mol. The topological polar surface area (TPSA) is 45.5 Å². The molecule has 3 nitrogen and oxygen atoms in total. The number of aromatic nitrogens is 1. The molecule has 20 heavy (non-hydrogen) atoms. The van der Waals surface area contributed by atoms with Crippen molar-refractivity contribution >= 4 is 22.8 Å². The summed E-state index contributed by atoms with van der Waals surface area (Å²) in [7, 11) is 0. The zero-order chi connectivity index (χ0) is 13.1. The van der Waals surface area contributed by atoms with E-state index in [0.717, 1.165) is 16.6 Å². The molecule has 0 spiro atoms. The Hall–Kier alpha value is -2.17. The van der Waals surface area contributed by atoms with E-state index in [0.29, 0.717) is 5.56 Å². The van der Waals surface area contributed by atoms with Gasteiger partial charge in [0.05, 0.1) is 11.2 Å². The van der Waals surface area contributed by atoms with Crippen molar-refractivity contribution in [2.45, 2.75) is 0 Å². The molecular weight excluding hydrogens is 295 g/mol. The minimum Gasteiger partial charge on any atom is -0.507 e. The Balaban J connectivity index is 0.00000147. The van der Waals surface area contributed by atoms with Crippen LogP contribution >= 0.6 is 0 Å². The van der Waals surface area contributed by atoms with E-state index in [1.54, 1.807) is 24.5 Å². The molecule has 0 atom stereocenters. The molecule has 0 aliphatic heterocycles. The Morgan fingerprint density at radius 3 is 2.60 bits per heavy atom. The number of pyridine rings is 1. The van der Waals surface area contributed by atoms with Gasteiger partial charge in [-0.3, -0.25) is 9.98 Å². The summed E-state index contributed by atoms with van der Waals surface area (Å²) >= 11 is 0. The van der Waals surface area contributed by atoms with Gasteiger partial charge in [0.1, 0.15) is 5.75 Å². The molecule has 0 aliphatic rings. The normalized spacial score (nSPS) is 10.6. The van der Waals surface area contributed by atoms with Gasteiger partial charge in [0.2, 0.25) is 0 Å². The summed E-state index contributed by atoms with van der Waals surface area (Å²) < 4.78 is 0. The van der Waals surface area contributed by atoms with Crippen molar-refractivity contribution in [2.75, 3.05) is 0 Å². The third-order valence-corrected chi connectivity index (χ3v) is 2.89. The number of aromatic hydroxyl groups is 1. The van der Waals surface area contributed by atoms with Crippen LogP contribution in [0.15, 0.2) is 65.8 Å². The van der Waals surface area contributed by atoms with Crippen molar-refractivity contribution in [3.05, 3.63) is 66.4 Å². The average Bonchev–Trinajstić information content (AvgIpc) is 2.46. The number of nitrogens with zero attached hydrogens (tertiary/aromatic N) is 2. The third kappa shape index (κ3) is 2.87. The van der Waals surface area contributed by atoms with Gasteiger partial charge in [0.25, 0.3) is 0 Å². The quantitative estimate of drug-likeness (QED) is 0.734. The summed E-state index contributed by atoms with van der Waals surface area (Å²) in [5, 5.41) is 10.7. The van der Waals surface area contributed by atoms with Crippen LogP contribution in [0.3, 0.4) is 0 Å². The summed E-state index contributed by atoms with van der Waals surface area (Å²) in [6, 6.07) is 16.9. The van der Waals surface area contributed by atoms with Gasteiger partial charge in [0, 0.05) is 40.1 Å². The molecule has 0 amide bonds. The van der Waals surface area contributed by atoms with Gasteiger partial charge in [0.15, 0.2) is 0 Å². The van der Waals surface area contributed by atoms with Crippen LogP contribution in [0.4, 0.5) is 5.69 Å². The van der Waals surface area contributed by atoms with Crippen LogP contribution in [0.2, 0.25) is 0 Å². The fourth-order valence-electron chi connectivity index (χ4n) is 1.93. The second-order valence-corrected chi connectivity index (χ2v) is 4.17. The molecule has 3 aromatic rings. The minimum atomic E-state index is 0. The monoisotopic (exact) mass is 307 g/mol. The Kier molecular flexibility index (Phi) is 4.50. The van der Waals surface area contributed by atoms with Gasteiger partial charge in [-0.25, -0.2) is 0 Å². The van der Waals surface area contributed by atoms with Crippen molar-refractivity contribution in [3.63, 3.8) is 0 Å². The first kappa shape index (κ1) is 14.2. The molecule has 0 saturated heterocycles. The summed E-state index contributed by atoms with van der Waals surface area (Å²) in [5.74, 6) is 0.222. The minimum absolute atomic E-state index is 0. The van der Waals surface area contributed by atoms with Gasteiger partial charge >= 0.3 is 0 Å². The van der Waals surface area contributed by atoms with Crippen LogP contribution < -0.4 is 0 Å². The van der Waals surface area contributed by atoms with Crippen LogP contribution in [0.1, 0.15) is 5.56 Å². The molecule has 3 rings (SSSR count). The molecule has 0 aliphatic carbocycles. The molecule has 1 radical (unpaired) electrons. The van der Waals surface area contributed by atoms with Gasteiger partial charge in [-0.1, -0.05) is 30.3 Å². The van der Waals surface area contributed by atoms with Crippen molar-refractivity contribution < 1.29 is 21.9 Å². The van der Waals surface area contributed by atoms with Gasteiger partial charge in [-0.05, 0) is 24.3 Å². The third-order valence-electron chi connectivity index (χ3n) is 2.89. The SMILES string of the molecule is Oc1ccccc1C=Nc1cccc2cccnc12.[Co]. The largest absolute Gasteiger partial charge is 0.507 e. The first-order valence-corrected chi connectivity index (χ1v) is 6.00. The fraction of sp³-hybridized carbons (Fsp3) is 0. The first-order valence-electron chi connectivity index (χ1n) is 6.00. The molecule has 1 N–H and O–H groups in total. The van der Waals surface area contributed by atoms with E-state index in [1.165, 1.54) is 0 Å². The van der Waals surface area contributed by atoms with Crippen LogP contribution in [0.25, 0.3) is 10.9 Å². The standard InChI is InChI=1S/C16H12N2O.Co/c19-15-9-2-1-5-13(15)11-18-14-8-3-6-12-7-4-10-17-16(12)14;/h1-11,19H;. The molecule has 1 heterocycles. The molecule has 0 saturated carbocycles.